The van der Waals surface area contributed by atoms with Crippen LogP contribution in [0.3, 0.4) is 0 Å². The van der Waals surface area contributed by atoms with Gasteiger partial charge in [0.05, 0.1) is 0 Å². The van der Waals surface area contributed by atoms with Gasteiger partial charge in [-0.3, -0.25) is 16.0 Å². The van der Waals surface area contributed by atoms with E-state index in [9.17, 15) is 0 Å². The average Bonchev–Trinajstić information content (AvgIpc) is 2.93. The third-order valence-electron chi connectivity index (χ3n) is 4.57. The fourth-order valence-corrected chi connectivity index (χ4v) is 3.46. The normalized spacial score (nSPS) is 23.7. The highest BCUT2D eigenvalue weighted by Gasteiger charge is 2.39. The lowest BCUT2D eigenvalue weighted by molar-refractivity contribution is 0.193. The summed E-state index contributed by atoms with van der Waals surface area (Å²) in [5, 5.41) is 4.29. The molecule has 2 unspecified atom stereocenters. The van der Waals surface area contributed by atoms with Crippen molar-refractivity contribution in [2.45, 2.75) is 65.5 Å². The van der Waals surface area contributed by atoms with Crippen LogP contribution in [0.15, 0.2) is 6.33 Å². The first-order valence-corrected chi connectivity index (χ1v) is 7.41. The van der Waals surface area contributed by atoms with Gasteiger partial charge in [-0.2, -0.15) is 5.10 Å². The molecule has 0 bridgehead atoms. The summed E-state index contributed by atoms with van der Waals surface area (Å²) in [5.74, 6) is 7.47. The zero-order valence-corrected chi connectivity index (χ0v) is 12.4. The van der Waals surface area contributed by atoms with Gasteiger partial charge in [0.15, 0.2) is 0 Å². The van der Waals surface area contributed by atoms with Crippen molar-refractivity contribution in [3.8, 4) is 0 Å². The van der Waals surface area contributed by atoms with Gasteiger partial charge in [-0.05, 0) is 30.6 Å². The van der Waals surface area contributed by atoms with E-state index in [1.54, 1.807) is 6.33 Å². The Labute approximate surface area is 115 Å². The van der Waals surface area contributed by atoms with Gasteiger partial charge in [0.2, 0.25) is 0 Å². The SMILES string of the molecule is CCCn1ncnc1CC(NN)C1CCCC1(C)C. The summed E-state index contributed by atoms with van der Waals surface area (Å²) in [7, 11) is 0. The second-order valence-electron chi connectivity index (χ2n) is 6.36. The molecular weight excluding hydrogens is 238 g/mol. The molecule has 1 aromatic heterocycles. The number of aromatic nitrogens is 3. The minimum Gasteiger partial charge on any atom is -0.271 e. The van der Waals surface area contributed by atoms with Crippen molar-refractivity contribution in [3.63, 3.8) is 0 Å². The van der Waals surface area contributed by atoms with Crippen LogP contribution in [0.2, 0.25) is 0 Å². The van der Waals surface area contributed by atoms with Gasteiger partial charge in [0.25, 0.3) is 0 Å². The van der Waals surface area contributed by atoms with Gasteiger partial charge in [0.1, 0.15) is 12.2 Å². The molecule has 3 N–H and O–H groups in total. The zero-order valence-electron chi connectivity index (χ0n) is 12.4. The second-order valence-corrected chi connectivity index (χ2v) is 6.36. The fraction of sp³-hybridized carbons (Fsp3) is 0.857. The second kappa shape index (κ2) is 6.01. The minimum absolute atomic E-state index is 0.289. The maximum absolute atomic E-state index is 5.81. The summed E-state index contributed by atoms with van der Waals surface area (Å²) >= 11 is 0. The highest BCUT2D eigenvalue weighted by atomic mass is 15.3. The minimum atomic E-state index is 0.289. The van der Waals surface area contributed by atoms with E-state index in [1.807, 2.05) is 4.68 Å². The van der Waals surface area contributed by atoms with Gasteiger partial charge in [-0.15, -0.1) is 0 Å². The summed E-state index contributed by atoms with van der Waals surface area (Å²) in [6, 6.07) is 0.289. The Balaban J connectivity index is 2.08. The number of hydrogen-bond donors (Lipinski definition) is 2. The van der Waals surface area contributed by atoms with Crippen molar-refractivity contribution >= 4 is 0 Å². The molecule has 1 heterocycles. The molecular formula is C14H27N5. The summed E-state index contributed by atoms with van der Waals surface area (Å²) in [6.07, 6.45) is 7.44. The Kier molecular flexibility index (Phi) is 4.58. The van der Waals surface area contributed by atoms with E-state index in [4.69, 9.17) is 5.84 Å². The molecule has 1 aliphatic carbocycles. The summed E-state index contributed by atoms with van der Waals surface area (Å²) < 4.78 is 2.01. The van der Waals surface area contributed by atoms with Crippen molar-refractivity contribution in [2.75, 3.05) is 0 Å². The molecule has 0 aromatic carbocycles. The lowest BCUT2D eigenvalue weighted by Crippen LogP contribution is -2.46. The summed E-state index contributed by atoms with van der Waals surface area (Å²) in [4.78, 5) is 4.40. The number of nitrogens with zero attached hydrogens (tertiary/aromatic N) is 3. The van der Waals surface area contributed by atoms with Gasteiger partial charge < -0.3 is 0 Å². The molecule has 5 heteroatoms. The molecule has 0 aliphatic heterocycles. The quantitative estimate of drug-likeness (QED) is 0.609. The van der Waals surface area contributed by atoms with Crippen LogP contribution in [0.1, 0.15) is 52.3 Å². The Morgan fingerprint density at radius 1 is 1.58 bits per heavy atom. The number of hydrogen-bond acceptors (Lipinski definition) is 4. The number of hydrazine groups is 1. The van der Waals surface area contributed by atoms with E-state index in [0.717, 1.165) is 25.2 Å². The highest BCUT2D eigenvalue weighted by Crippen LogP contribution is 2.44. The van der Waals surface area contributed by atoms with Crippen molar-refractivity contribution in [1.82, 2.24) is 20.2 Å². The molecule has 0 amide bonds. The van der Waals surface area contributed by atoms with Crippen LogP contribution in [0.4, 0.5) is 0 Å². The maximum Gasteiger partial charge on any atom is 0.138 e. The Morgan fingerprint density at radius 2 is 2.37 bits per heavy atom. The van der Waals surface area contributed by atoms with Gasteiger partial charge in [-0.1, -0.05) is 27.2 Å². The molecule has 108 valence electrons. The molecule has 19 heavy (non-hydrogen) atoms. The maximum atomic E-state index is 5.81. The first-order chi connectivity index (χ1) is 9.08. The summed E-state index contributed by atoms with van der Waals surface area (Å²) in [5.41, 5.74) is 3.39. The number of nitrogens with one attached hydrogen (secondary N) is 1. The molecule has 2 atom stereocenters. The average molecular weight is 265 g/mol. The molecule has 2 rings (SSSR count). The molecule has 0 saturated heterocycles. The van der Waals surface area contributed by atoms with Crippen molar-refractivity contribution < 1.29 is 0 Å². The van der Waals surface area contributed by atoms with E-state index >= 15 is 0 Å². The first-order valence-electron chi connectivity index (χ1n) is 7.41. The zero-order chi connectivity index (χ0) is 13.9. The largest absolute Gasteiger partial charge is 0.271 e. The van der Waals surface area contributed by atoms with E-state index < -0.39 is 0 Å². The smallest absolute Gasteiger partial charge is 0.138 e. The van der Waals surface area contributed by atoms with Crippen LogP contribution < -0.4 is 11.3 Å². The number of rotatable bonds is 6. The van der Waals surface area contributed by atoms with E-state index in [2.05, 4.69) is 36.3 Å². The molecule has 5 nitrogen and oxygen atoms in total. The molecule has 1 fully saturated rings. The monoisotopic (exact) mass is 265 g/mol. The standard InChI is InChI=1S/C14H27N5/c1-4-8-19-13(16-10-17-19)9-12(18-15)11-6-5-7-14(11,2)3/h10-12,18H,4-9,15H2,1-3H3. The molecule has 1 saturated carbocycles. The van der Waals surface area contributed by atoms with Gasteiger partial charge in [0, 0.05) is 19.0 Å². The van der Waals surface area contributed by atoms with Crippen LogP contribution in [-0.4, -0.2) is 20.8 Å². The van der Waals surface area contributed by atoms with Crippen LogP contribution in [0.25, 0.3) is 0 Å². The van der Waals surface area contributed by atoms with Gasteiger partial charge >= 0.3 is 0 Å². The van der Waals surface area contributed by atoms with Crippen LogP contribution in [0.5, 0.6) is 0 Å². The lowest BCUT2D eigenvalue weighted by Gasteiger charge is -2.33. The van der Waals surface area contributed by atoms with E-state index in [0.29, 0.717) is 11.3 Å². The van der Waals surface area contributed by atoms with Crippen molar-refractivity contribution in [1.29, 1.82) is 0 Å². The van der Waals surface area contributed by atoms with Crippen molar-refractivity contribution in [3.05, 3.63) is 12.2 Å². The van der Waals surface area contributed by atoms with Crippen LogP contribution in [-0.2, 0) is 13.0 Å². The summed E-state index contributed by atoms with van der Waals surface area (Å²) in [6.45, 7) is 7.79. The third kappa shape index (κ3) is 3.15. The van der Waals surface area contributed by atoms with Crippen molar-refractivity contribution in [2.24, 2.45) is 17.2 Å². The Hall–Kier alpha value is -0.940. The lowest BCUT2D eigenvalue weighted by atomic mass is 9.76. The van der Waals surface area contributed by atoms with Gasteiger partial charge in [-0.25, -0.2) is 4.98 Å². The molecule has 0 radical (unpaired) electrons. The van der Waals surface area contributed by atoms with Crippen LogP contribution >= 0.6 is 0 Å². The molecule has 1 aliphatic rings. The fourth-order valence-electron chi connectivity index (χ4n) is 3.46. The number of nitrogens with two attached hydrogens (primary N) is 1. The first kappa shape index (κ1) is 14.5. The molecule has 0 spiro atoms. The molecule has 1 aromatic rings. The van der Waals surface area contributed by atoms with E-state index in [1.165, 1.54) is 19.3 Å². The Bertz CT molecular complexity index is 398. The predicted molar refractivity (Wildman–Crippen MR) is 76.3 cm³/mol. The van der Waals surface area contributed by atoms with E-state index in [-0.39, 0.29) is 6.04 Å². The topological polar surface area (TPSA) is 68.8 Å². The number of aryl methyl sites for hydroxylation is 1. The van der Waals surface area contributed by atoms with Crippen LogP contribution in [0, 0.1) is 11.3 Å². The highest BCUT2D eigenvalue weighted by molar-refractivity contribution is 4.97. The predicted octanol–water partition coefficient (Wildman–Crippen LogP) is 1.89. The third-order valence-corrected chi connectivity index (χ3v) is 4.57. The Morgan fingerprint density at radius 3 is 2.95 bits per heavy atom.